The standard InChI is InChI=1S/C17H26N2O3/c1-3-22-16-8-5-10-19(13-16)11-9-17(20)18-14-6-4-7-15(12-14)21-2/h4,6-7,12,16H,3,5,8-11,13H2,1-2H3,(H,18,20)/t16-/m1/s1. The van der Waals surface area contributed by atoms with Crippen LogP contribution in [-0.4, -0.2) is 50.3 Å². The van der Waals surface area contributed by atoms with E-state index in [1.807, 2.05) is 31.2 Å². The molecule has 1 amide bonds. The Balaban J connectivity index is 1.75. The Morgan fingerprint density at radius 1 is 1.45 bits per heavy atom. The lowest BCUT2D eigenvalue weighted by Crippen LogP contribution is -2.40. The lowest BCUT2D eigenvalue weighted by molar-refractivity contribution is -0.116. The fourth-order valence-electron chi connectivity index (χ4n) is 2.77. The number of nitrogens with zero attached hydrogens (tertiary/aromatic N) is 1. The first-order chi connectivity index (χ1) is 10.7. The second kappa shape index (κ2) is 8.76. The van der Waals surface area contributed by atoms with Gasteiger partial charge in [-0.05, 0) is 38.4 Å². The Kier molecular flexibility index (Phi) is 6.68. The predicted octanol–water partition coefficient (Wildman–Crippen LogP) is 2.52. The number of nitrogens with one attached hydrogen (secondary N) is 1. The Morgan fingerprint density at radius 2 is 2.32 bits per heavy atom. The third kappa shape index (κ3) is 5.31. The first-order valence-corrected chi connectivity index (χ1v) is 7.99. The number of hydrogen-bond donors (Lipinski definition) is 1. The normalized spacial score (nSPS) is 18.9. The lowest BCUT2D eigenvalue weighted by Gasteiger charge is -2.32. The third-order valence-corrected chi connectivity index (χ3v) is 3.87. The van der Waals surface area contributed by atoms with E-state index in [2.05, 4.69) is 10.2 Å². The van der Waals surface area contributed by atoms with Crippen molar-refractivity contribution in [2.75, 3.05) is 38.7 Å². The molecule has 0 aromatic heterocycles. The molecule has 22 heavy (non-hydrogen) atoms. The first-order valence-electron chi connectivity index (χ1n) is 7.99. The Hall–Kier alpha value is -1.59. The molecule has 1 heterocycles. The summed E-state index contributed by atoms with van der Waals surface area (Å²) in [5.41, 5.74) is 0.773. The second-order valence-electron chi connectivity index (χ2n) is 5.55. The fraction of sp³-hybridized carbons (Fsp3) is 0.588. The first kappa shape index (κ1) is 16.8. The van der Waals surface area contributed by atoms with Crippen LogP contribution in [0.15, 0.2) is 24.3 Å². The lowest BCUT2D eigenvalue weighted by atomic mass is 10.1. The average molecular weight is 306 g/mol. The van der Waals surface area contributed by atoms with E-state index >= 15 is 0 Å². The second-order valence-corrected chi connectivity index (χ2v) is 5.55. The number of benzene rings is 1. The number of rotatable bonds is 7. The number of carbonyl (C=O) groups is 1. The molecule has 1 aromatic carbocycles. The summed E-state index contributed by atoms with van der Waals surface area (Å²) in [5.74, 6) is 0.778. The van der Waals surface area contributed by atoms with Gasteiger partial charge in [0.05, 0.1) is 13.2 Å². The highest BCUT2D eigenvalue weighted by Crippen LogP contribution is 2.17. The van der Waals surface area contributed by atoms with Crippen LogP contribution in [0.1, 0.15) is 26.2 Å². The Labute approximate surface area is 132 Å². The number of carbonyl (C=O) groups excluding carboxylic acids is 1. The van der Waals surface area contributed by atoms with Gasteiger partial charge < -0.3 is 19.7 Å². The summed E-state index contributed by atoms with van der Waals surface area (Å²) >= 11 is 0. The summed E-state index contributed by atoms with van der Waals surface area (Å²) in [6.45, 7) is 5.55. The van der Waals surface area contributed by atoms with Crippen molar-refractivity contribution < 1.29 is 14.3 Å². The maximum Gasteiger partial charge on any atom is 0.225 e. The van der Waals surface area contributed by atoms with Crippen molar-refractivity contribution in [1.29, 1.82) is 0 Å². The van der Waals surface area contributed by atoms with E-state index in [0.29, 0.717) is 12.5 Å². The molecule has 1 N–H and O–H groups in total. The SMILES string of the molecule is CCO[C@@H]1CCCN(CCC(=O)Nc2cccc(OC)c2)C1. The van der Waals surface area contributed by atoms with E-state index < -0.39 is 0 Å². The van der Waals surface area contributed by atoms with Crippen molar-refractivity contribution in [2.24, 2.45) is 0 Å². The summed E-state index contributed by atoms with van der Waals surface area (Å²) < 4.78 is 10.8. The molecule has 5 heteroatoms. The van der Waals surface area contributed by atoms with Crippen molar-refractivity contribution in [2.45, 2.75) is 32.3 Å². The molecule has 122 valence electrons. The van der Waals surface area contributed by atoms with Crippen LogP contribution in [0.4, 0.5) is 5.69 Å². The summed E-state index contributed by atoms with van der Waals surface area (Å²) in [6.07, 6.45) is 3.08. The van der Waals surface area contributed by atoms with Gasteiger partial charge in [0.25, 0.3) is 0 Å². The monoisotopic (exact) mass is 306 g/mol. The highest BCUT2D eigenvalue weighted by Gasteiger charge is 2.20. The zero-order chi connectivity index (χ0) is 15.8. The van der Waals surface area contributed by atoms with Crippen molar-refractivity contribution in [3.05, 3.63) is 24.3 Å². The molecule has 0 spiro atoms. The van der Waals surface area contributed by atoms with Gasteiger partial charge in [-0.1, -0.05) is 6.07 Å². The average Bonchev–Trinajstić information content (AvgIpc) is 2.54. The van der Waals surface area contributed by atoms with Gasteiger partial charge in [-0.15, -0.1) is 0 Å². The number of hydrogen-bond acceptors (Lipinski definition) is 4. The number of methoxy groups -OCH3 is 1. The largest absolute Gasteiger partial charge is 0.497 e. The van der Waals surface area contributed by atoms with E-state index in [1.54, 1.807) is 7.11 Å². The highest BCUT2D eigenvalue weighted by atomic mass is 16.5. The minimum atomic E-state index is 0.0341. The molecule has 1 aliphatic rings. The third-order valence-electron chi connectivity index (χ3n) is 3.87. The van der Waals surface area contributed by atoms with Crippen LogP contribution in [0.3, 0.4) is 0 Å². The quantitative estimate of drug-likeness (QED) is 0.841. The van der Waals surface area contributed by atoms with Crippen LogP contribution in [-0.2, 0) is 9.53 Å². The van der Waals surface area contributed by atoms with Gasteiger partial charge in [-0.2, -0.15) is 0 Å². The van der Waals surface area contributed by atoms with Crippen LogP contribution < -0.4 is 10.1 Å². The van der Waals surface area contributed by atoms with Gasteiger partial charge in [-0.3, -0.25) is 4.79 Å². The molecule has 1 aliphatic heterocycles. The van der Waals surface area contributed by atoms with Gasteiger partial charge in [0.15, 0.2) is 0 Å². The summed E-state index contributed by atoms with van der Waals surface area (Å²) in [7, 11) is 1.62. The molecule has 0 unspecified atom stereocenters. The molecular weight excluding hydrogens is 280 g/mol. The maximum absolute atomic E-state index is 12.1. The zero-order valence-corrected chi connectivity index (χ0v) is 13.5. The summed E-state index contributed by atoms with van der Waals surface area (Å²) in [4.78, 5) is 14.4. The van der Waals surface area contributed by atoms with Crippen LogP contribution >= 0.6 is 0 Å². The molecule has 0 saturated carbocycles. The maximum atomic E-state index is 12.1. The van der Waals surface area contributed by atoms with Crippen molar-refractivity contribution in [3.8, 4) is 5.75 Å². The van der Waals surface area contributed by atoms with E-state index in [1.165, 1.54) is 0 Å². The predicted molar refractivity (Wildman–Crippen MR) is 87.3 cm³/mol. The number of anilines is 1. The Bertz CT molecular complexity index is 477. The van der Waals surface area contributed by atoms with Crippen molar-refractivity contribution in [1.82, 2.24) is 4.90 Å². The molecule has 2 rings (SSSR count). The van der Waals surface area contributed by atoms with Gasteiger partial charge in [0.1, 0.15) is 5.75 Å². The topological polar surface area (TPSA) is 50.8 Å². The van der Waals surface area contributed by atoms with E-state index in [0.717, 1.165) is 50.5 Å². The molecule has 0 radical (unpaired) electrons. The Morgan fingerprint density at radius 3 is 3.09 bits per heavy atom. The van der Waals surface area contributed by atoms with Crippen molar-refractivity contribution >= 4 is 11.6 Å². The minimum Gasteiger partial charge on any atom is -0.497 e. The number of amides is 1. The van der Waals surface area contributed by atoms with Gasteiger partial charge in [-0.25, -0.2) is 0 Å². The highest BCUT2D eigenvalue weighted by molar-refractivity contribution is 5.91. The summed E-state index contributed by atoms with van der Waals surface area (Å²) in [5, 5.41) is 2.92. The molecule has 1 atom stereocenters. The number of piperidine rings is 1. The minimum absolute atomic E-state index is 0.0341. The number of likely N-dealkylation sites (tertiary alicyclic amines) is 1. The van der Waals surface area contributed by atoms with E-state index in [9.17, 15) is 4.79 Å². The van der Waals surface area contributed by atoms with Crippen LogP contribution in [0.2, 0.25) is 0 Å². The number of ether oxygens (including phenoxy) is 2. The van der Waals surface area contributed by atoms with E-state index in [-0.39, 0.29) is 5.91 Å². The molecule has 5 nitrogen and oxygen atoms in total. The fourth-order valence-corrected chi connectivity index (χ4v) is 2.77. The smallest absolute Gasteiger partial charge is 0.225 e. The van der Waals surface area contributed by atoms with Crippen LogP contribution in [0.25, 0.3) is 0 Å². The molecular formula is C17H26N2O3. The van der Waals surface area contributed by atoms with Gasteiger partial charge in [0, 0.05) is 37.9 Å². The molecule has 0 aliphatic carbocycles. The zero-order valence-electron chi connectivity index (χ0n) is 13.5. The van der Waals surface area contributed by atoms with Crippen LogP contribution in [0, 0.1) is 0 Å². The molecule has 1 saturated heterocycles. The molecule has 1 fully saturated rings. The van der Waals surface area contributed by atoms with Gasteiger partial charge >= 0.3 is 0 Å². The van der Waals surface area contributed by atoms with E-state index in [4.69, 9.17) is 9.47 Å². The molecule has 0 bridgehead atoms. The van der Waals surface area contributed by atoms with Crippen molar-refractivity contribution in [3.63, 3.8) is 0 Å². The van der Waals surface area contributed by atoms with Crippen LogP contribution in [0.5, 0.6) is 5.75 Å². The van der Waals surface area contributed by atoms with Gasteiger partial charge in [0.2, 0.25) is 5.91 Å². The molecule has 1 aromatic rings. The summed E-state index contributed by atoms with van der Waals surface area (Å²) in [6, 6.07) is 7.42.